The number of nitrogens with zero attached hydrogens (tertiary/aromatic N) is 4. The predicted molar refractivity (Wildman–Crippen MR) is 83.2 cm³/mol. The summed E-state index contributed by atoms with van der Waals surface area (Å²) in [4.78, 5) is 11.9. The van der Waals surface area contributed by atoms with Gasteiger partial charge in [-0.15, -0.1) is 0 Å². The van der Waals surface area contributed by atoms with Crippen LogP contribution in [0.5, 0.6) is 0 Å². The van der Waals surface area contributed by atoms with Crippen LogP contribution >= 0.6 is 0 Å². The van der Waals surface area contributed by atoms with Gasteiger partial charge in [0.15, 0.2) is 5.65 Å². The van der Waals surface area contributed by atoms with E-state index in [2.05, 4.69) is 21.4 Å². The van der Waals surface area contributed by atoms with Crippen molar-refractivity contribution in [2.45, 2.75) is 38.8 Å². The lowest BCUT2D eigenvalue weighted by molar-refractivity contribution is 0.101. The van der Waals surface area contributed by atoms with E-state index >= 15 is 0 Å². The van der Waals surface area contributed by atoms with Gasteiger partial charge in [0.25, 0.3) is 0 Å². The van der Waals surface area contributed by atoms with Gasteiger partial charge >= 0.3 is 0 Å². The van der Waals surface area contributed by atoms with Crippen LogP contribution in [0.4, 0.5) is 0 Å². The number of likely N-dealkylation sites (tertiary alicyclic amines) is 1. The number of methoxy groups -OCH3 is 1. The normalized spacial score (nSPS) is 20.2. The van der Waals surface area contributed by atoms with Crippen molar-refractivity contribution in [3.63, 3.8) is 0 Å². The Bertz CT molecular complexity index is 595. The van der Waals surface area contributed by atoms with Gasteiger partial charge in [-0.05, 0) is 37.9 Å². The first-order valence-corrected chi connectivity index (χ1v) is 7.90. The second kappa shape index (κ2) is 6.54. The fraction of sp³-hybridized carbons (Fsp3) is 0.625. The maximum Gasteiger partial charge on any atom is 0.161 e. The summed E-state index contributed by atoms with van der Waals surface area (Å²) in [6.07, 6.45) is 6.82. The van der Waals surface area contributed by atoms with Crippen LogP contribution in [-0.2, 0) is 11.2 Å². The van der Waals surface area contributed by atoms with Crippen molar-refractivity contribution in [2.75, 3.05) is 26.8 Å². The fourth-order valence-electron chi connectivity index (χ4n) is 3.29. The molecular weight excluding hydrogens is 264 g/mol. The Morgan fingerprint density at radius 1 is 1.38 bits per heavy atom. The molecule has 1 atom stereocenters. The van der Waals surface area contributed by atoms with Crippen LogP contribution in [-0.4, -0.2) is 46.2 Å². The molecule has 3 heterocycles. The molecule has 1 aliphatic rings. The molecule has 0 aromatic carbocycles. The summed E-state index contributed by atoms with van der Waals surface area (Å²) < 4.78 is 7.59. The van der Waals surface area contributed by atoms with Gasteiger partial charge < -0.3 is 4.74 Å². The summed E-state index contributed by atoms with van der Waals surface area (Å²) in [5, 5.41) is 0. The van der Waals surface area contributed by atoms with Crippen molar-refractivity contribution in [3.05, 3.63) is 24.2 Å². The van der Waals surface area contributed by atoms with E-state index in [1.807, 2.05) is 18.3 Å². The van der Waals surface area contributed by atoms with Gasteiger partial charge in [0.1, 0.15) is 11.3 Å². The van der Waals surface area contributed by atoms with Gasteiger partial charge in [0, 0.05) is 26.3 Å². The second-order valence-electron chi connectivity index (χ2n) is 5.59. The number of piperidine rings is 1. The minimum absolute atomic E-state index is 0.385. The van der Waals surface area contributed by atoms with Crippen molar-refractivity contribution in [2.24, 2.45) is 0 Å². The molecule has 0 aliphatic carbocycles. The van der Waals surface area contributed by atoms with Crippen molar-refractivity contribution in [1.82, 2.24) is 19.4 Å². The van der Waals surface area contributed by atoms with Crippen molar-refractivity contribution >= 4 is 11.2 Å². The largest absolute Gasteiger partial charge is 0.384 e. The smallest absolute Gasteiger partial charge is 0.161 e. The van der Waals surface area contributed by atoms with Gasteiger partial charge in [-0.25, -0.2) is 9.97 Å². The number of hydrogen-bond acceptors (Lipinski definition) is 4. The zero-order valence-electron chi connectivity index (χ0n) is 13.0. The molecule has 0 N–H and O–H groups in total. The molecule has 0 radical (unpaired) electrons. The SMILES string of the molecule is CCN1CCCCC1n1c(CCOC)nc2cccnc21. The first-order chi connectivity index (χ1) is 10.3. The van der Waals surface area contributed by atoms with Crippen molar-refractivity contribution in [1.29, 1.82) is 0 Å². The summed E-state index contributed by atoms with van der Waals surface area (Å²) in [5.74, 6) is 1.09. The number of rotatable bonds is 5. The number of ether oxygens (including phenoxy) is 1. The zero-order chi connectivity index (χ0) is 14.7. The van der Waals surface area contributed by atoms with E-state index < -0.39 is 0 Å². The molecule has 2 aromatic rings. The molecule has 5 nitrogen and oxygen atoms in total. The van der Waals surface area contributed by atoms with E-state index in [0.29, 0.717) is 12.8 Å². The lowest BCUT2D eigenvalue weighted by Crippen LogP contribution is -2.37. The Kier molecular flexibility index (Phi) is 4.51. The Labute approximate surface area is 125 Å². The van der Waals surface area contributed by atoms with Crippen LogP contribution in [0, 0.1) is 0 Å². The van der Waals surface area contributed by atoms with Crippen LogP contribution < -0.4 is 0 Å². The molecule has 5 heteroatoms. The van der Waals surface area contributed by atoms with E-state index in [0.717, 1.165) is 36.5 Å². The van der Waals surface area contributed by atoms with Gasteiger partial charge in [-0.1, -0.05) is 6.92 Å². The third-order valence-corrected chi connectivity index (χ3v) is 4.34. The summed E-state index contributed by atoms with van der Waals surface area (Å²) in [5.41, 5.74) is 2.00. The Morgan fingerprint density at radius 3 is 3.10 bits per heavy atom. The van der Waals surface area contributed by atoms with Crippen molar-refractivity contribution < 1.29 is 4.74 Å². The Hall–Kier alpha value is -1.46. The number of pyridine rings is 1. The van der Waals surface area contributed by atoms with Gasteiger partial charge in [0.2, 0.25) is 0 Å². The average Bonchev–Trinajstić information content (AvgIpc) is 2.91. The third-order valence-electron chi connectivity index (χ3n) is 4.34. The molecule has 114 valence electrons. The van der Waals surface area contributed by atoms with Crippen LogP contribution in [0.15, 0.2) is 18.3 Å². The lowest BCUT2D eigenvalue weighted by Gasteiger charge is -2.36. The highest BCUT2D eigenvalue weighted by atomic mass is 16.5. The molecule has 1 saturated heterocycles. The number of hydrogen-bond donors (Lipinski definition) is 0. The predicted octanol–water partition coefficient (Wildman–Crippen LogP) is 2.62. The van der Waals surface area contributed by atoms with Crippen molar-refractivity contribution in [3.8, 4) is 0 Å². The standard InChI is InChI=1S/C16H24N4O/c1-3-19-11-5-4-8-15(19)20-14(9-12-21-2)18-13-7-6-10-17-16(13)20/h6-7,10,15H,3-5,8-9,11-12H2,1-2H3. The fourth-order valence-corrected chi connectivity index (χ4v) is 3.29. The van der Waals surface area contributed by atoms with E-state index in [1.54, 1.807) is 7.11 Å². The first kappa shape index (κ1) is 14.5. The number of fused-ring (bicyclic) bond motifs is 1. The van der Waals surface area contributed by atoms with E-state index in [-0.39, 0.29) is 0 Å². The highest BCUT2D eigenvalue weighted by Crippen LogP contribution is 2.30. The quantitative estimate of drug-likeness (QED) is 0.848. The Balaban J connectivity index is 2.04. The summed E-state index contributed by atoms with van der Waals surface area (Å²) in [6.45, 7) is 5.17. The third kappa shape index (κ3) is 2.80. The minimum atomic E-state index is 0.385. The molecule has 2 aromatic heterocycles. The first-order valence-electron chi connectivity index (χ1n) is 7.90. The topological polar surface area (TPSA) is 43.2 Å². The van der Waals surface area contributed by atoms with E-state index in [9.17, 15) is 0 Å². The van der Waals surface area contributed by atoms with E-state index in [4.69, 9.17) is 9.72 Å². The van der Waals surface area contributed by atoms with E-state index in [1.165, 1.54) is 19.3 Å². The molecular formula is C16H24N4O. The molecule has 3 rings (SSSR count). The highest BCUT2D eigenvalue weighted by molar-refractivity contribution is 5.71. The molecule has 0 saturated carbocycles. The van der Waals surface area contributed by atoms with Crippen LogP contribution in [0.3, 0.4) is 0 Å². The van der Waals surface area contributed by atoms with Crippen LogP contribution in [0.2, 0.25) is 0 Å². The maximum absolute atomic E-state index is 5.25. The highest BCUT2D eigenvalue weighted by Gasteiger charge is 2.26. The lowest BCUT2D eigenvalue weighted by atomic mass is 10.1. The minimum Gasteiger partial charge on any atom is -0.384 e. The molecule has 0 amide bonds. The summed E-state index contributed by atoms with van der Waals surface area (Å²) in [7, 11) is 1.74. The van der Waals surface area contributed by atoms with Gasteiger partial charge in [-0.3, -0.25) is 9.47 Å². The summed E-state index contributed by atoms with van der Waals surface area (Å²) in [6, 6.07) is 4.01. The Morgan fingerprint density at radius 2 is 2.29 bits per heavy atom. The molecule has 1 fully saturated rings. The molecule has 1 unspecified atom stereocenters. The zero-order valence-corrected chi connectivity index (χ0v) is 13.0. The number of imidazole rings is 1. The maximum atomic E-state index is 5.25. The molecule has 0 bridgehead atoms. The van der Waals surface area contributed by atoms with Gasteiger partial charge in [0.05, 0.1) is 12.8 Å². The van der Waals surface area contributed by atoms with Crippen LogP contribution in [0.1, 0.15) is 38.2 Å². The molecule has 1 aliphatic heterocycles. The number of aromatic nitrogens is 3. The molecule has 0 spiro atoms. The van der Waals surface area contributed by atoms with Gasteiger partial charge in [-0.2, -0.15) is 0 Å². The van der Waals surface area contributed by atoms with Crippen LogP contribution in [0.25, 0.3) is 11.2 Å². The monoisotopic (exact) mass is 288 g/mol. The molecule has 21 heavy (non-hydrogen) atoms. The average molecular weight is 288 g/mol. The second-order valence-corrected chi connectivity index (χ2v) is 5.59. The summed E-state index contributed by atoms with van der Waals surface area (Å²) >= 11 is 0.